The number of hydrogen-bond acceptors (Lipinski definition) is 3. The van der Waals surface area contributed by atoms with Crippen LogP contribution < -0.4 is 10.1 Å². The zero-order valence-corrected chi connectivity index (χ0v) is 15.8. The molecule has 0 amide bonds. The zero-order chi connectivity index (χ0) is 18.8. The molecule has 3 aromatic carbocycles. The Hall–Kier alpha value is -3.04. The largest absolute Gasteiger partial charge is 0.497 e. The van der Waals surface area contributed by atoms with Gasteiger partial charge in [-0.15, -0.1) is 0 Å². The second-order valence-electron chi connectivity index (χ2n) is 6.32. The molecule has 0 aliphatic rings. The molecule has 4 aromatic rings. The summed E-state index contributed by atoms with van der Waals surface area (Å²) in [6.07, 6.45) is 0. The molecule has 1 heterocycles. The summed E-state index contributed by atoms with van der Waals surface area (Å²) in [5, 5.41) is 2.47. The van der Waals surface area contributed by atoms with E-state index in [4.69, 9.17) is 25.7 Å². The second-order valence-corrected chi connectivity index (χ2v) is 6.75. The van der Waals surface area contributed by atoms with Gasteiger partial charge < -0.3 is 9.15 Å². The maximum atomic E-state index is 6.15. The van der Waals surface area contributed by atoms with Crippen LogP contribution in [0.3, 0.4) is 0 Å². The first-order chi connectivity index (χ1) is 13.1. The quantitative estimate of drug-likeness (QED) is 0.421. The average molecular weight is 376 g/mol. The van der Waals surface area contributed by atoms with Crippen molar-refractivity contribution in [1.82, 2.24) is 0 Å². The molecule has 0 N–H and O–H groups in total. The molecule has 0 aliphatic heterocycles. The van der Waals surface area contributed by atoms with E-state index in [0.717, 1.165) is 44.7 Å². The number of methoxy groups -OCH3 is 1. The van der Waals surface area contributed by atoms with E-state index >= 15 is 0 Å². The average Bonchev–Trinajstić information content (AvgIpc) is 2.68. The number of rotatable bonds is 3. The summed E-state index contributed by atoms with van der Waals surface area (Å²) in [6, 6.07) is 23.4. The molecule has 0 saturated carbocycles. The highest BCUT2D eigenvalue weighted by Gasteiger charge is 2.07. The van der Waals surface area contributed by atoms with Crippen molar-refractivity contribution in [2.45, 2.75) is 6.92 Å². The lowest BCUT2D eigenvalue weighted by Crippen LogP contribution is -2.03. The lowest BCUT2D eigenvalue weighted by molar-refractivity contribution is 0.415. The first-order valence-electron chi connectivity index (χ1n) is 8.61. The highest BCUT2D eigenvalue weighted by molar-refractivity contribution is 6.30. The molecule has 27 heavy (non-hydrogen) atoms. The summed E-state index contributed by atoms with van der Waals surface area (Å²) in [5.74, 6) is 1.55. The molecule has 4 heteroatoms. The van der Waals surface area contributed by atoms with Crippen molar-refractivity contribution < 1.29 is 9.15 Å². The van der Waals surface area contributed by atoms with Gasteiger partial charge in [-0.25, -0.2) is 4.99 Å². The van der Waals surface area contributed by atoms with Gasteiger partial charge in [0.1, 0.15) is 17.1 Å². The van der Waals surface area contributed by atoms with Crippen LogP contribution in [0.5, 0.6) is 5.75 Å². The van der Waals surface area contributed by atoms with Crippen molar-refractivity contribution in [3.63, 3.8) is 0 Å². The van der Waals surface area contributed by atoms with Gasteiger partial charge in [-0.2, -0.15) is 0 Å². The fourth-order valence-corrected chi connectivity index (χ4v) is 3.14. The summed E-state index contributed by atoms with van der Waals surface area (Å²) in [5.41, 5.74) is 3.70. The van der Waals surface area contributed by atoms with Gasteiger partial charge in [0.2, 0.25) is 0 Å². The van der Waals surface area contributed by atoms with E-state index in [9.17, 15) is 0 Å². The Kier molecular flexibility index (Phi) is 4.69. The predicted molar refractivity (Wildman–Crippen MR) is 110 cm³/mol. The van der Waals surface area contributed by atoms with Crippen LogP contribution in [0.25, 0.3) is 22.3 Å². The second kappa shape index (κ2) is 7.29. The van der Waals surface area contributed by atoms with Crippen molar-refractivity contribution in [2.75, 3.05) is 7.11 Å². The Morgan fingerprint density at radius 2 is 1.74 bits per heavy atom. The van der Waals surface area contributed by atoms with Crippen LogP contribution >= 0.6 is 11.6 Å². The summed E-state index contributed by atoms with van der Waals surface area (Å²) < 4.78 is 11.4. The third-order valence-corrected chi connectivity index (χ3v) is 4.57. The molecule has 0 fully saturated rings. The summed E-state index contributed by atoms with van der Waals surface area (Å²) >= 11 is 6.12. The first-order valence-corrected chi connectivity index (χ1v) is 8.99. The van der Waals surface area contributed by atoms with Crippen molar-refractivity contribution in [1.29, 1.82) is 0 Å². The van der Waals surface area contributed by atoms with E-state index in [1.54, 1.807) is 7.11 Å². The molecular formula is C23H18ClNO2. The number of aryl methyl sites for hydroxylation is 1. The normalized spacial score (nSPS) is 11.7. The van der Waals surface area contributed by atoms with Gasteiger partial charge in [-0.05, 0) is 61.5 Å². The van der Waals surface area contributed by atoms with Gasteiger partial charge in [-0.1, -0.05) is 29.3 Å². The fourth-order valence-electron chi connectivity index (χ4n) is 2.96. The summed E-state index contributed by atoms with van der Waals surface area (Å²) in [4.78, 5) is 4.82. The smallest absolute Gasteiger partial charge is 0.136 e. The van der Waals surface area contributed by atoms with Gasteiger partial charge in [0.05, 0.1) is 18.2 Å². The molecule has 134 valence electrons. The van der Waals surface area contributed by atoms with Crippen molar-refractivity contribution in [3.8, 4) is 17.1 Å². The van der Waals surface area contributed by atoms with E-state index < -0.39 is 0 Å². The summed E-state index contributed by atoms with van der Waals surface area (Å²) in [6.45, 7) is 2.06. The monoisotopic (exact) mass is 375 g/mol. The molecule has 3 nitrogen and oxygen atoms in total. The third-order valence-electron chi connectivity index (χ3n) is 4.33. The highest BCUT2D eigenvalue weighted by Crippen LogP contribution is 2.25. The van der Waals surface area contributed by atoms with Crippen LogP contribution in [0.4, 0.5) is 5.69 Å². The third kappa shape index (κ3) is 3.74. The molecule has 0 bridgehead atoms. The molecule has 0 atom stereocenters. The molecule has 0 radical (unpaired) electrons. The van der Waals surface area contributed by atoms with E-state index in [2.05, 4.69) is 13.0 Å². The molecule has 0 aliphatic carbocycles. The Bertz CT molecular complexity index is 1180. The number of ether oxygens (including phenoxy) is 1. The summed E-state index contributed by atoms with van der Waals surface area (Å²) in [7, 11) is 1.65. The van der Waals surface area contributed by atoms with Crippen LogP contribution in [0.1, 0.15) is 5.56 Å². The maximum Gasteiger partial charge on any atom is 0.136 e. The Morgan fingerprint density at radius 1 is 0.926 bits per heavy atom. The van der Waals surface area contributed by atoms with Gasteiger partial charge in [0.15, 0.2) is 0 Å². The van der Waals surface area contributed by atoms with E-state index in [1.807, 2.05) is 66.7 Å². The minimum atomic E-state index is 0.660. The molecule has 0 saturated heterocycles. The molecule has 4 rings (SSSR count). The Balaban J connectivity index is 1.96. The van der Waals surface area contributed by atoms with Crippen LogP contribution in [-0.2, 0) is 0 Å². The minimum absolute atomic E-state index is 0.660. The van der Waals surface area contributed by atoms with Crippen molar-refractivity contribution in [2.24, 2.45) is 4.99 Å². The first kappa shape index (κ1) is 17.4. The number of halogens is 1. The van der Waals surface area contributed by atoms with Crippen molar-refractivity contribution in [3.05, 3.63) is 88.7 Å². The van der Waals surface area contributed by atoms with Gasteiger partial charge in [0, 0.05) is 22.0 Å². The topological polar surface area (TPSA) is 34.7 Å². The fraction of sp³-hybridized carbons (Fsp3) is 0.0870. The number of benzene rings is 3. The molecule has 0 spiro atoms. The highest BCUT2D eigenvalue weighted by atomic mass is 35.5. The minimum Gasteiger partial charge on any atom is -0.497 e. The lowest BCUT2D eigenvalue weighted by atomic mass is 10.1. The maximum absolute atomic E-state index is 6.15. The van der Waals surface area contributed by atoms with Gasteiger partial charge in [-0.3, -0.25) is 0 Å². The van der Waals surface area contributed by atoms with E-state index in [1.165, 1.54) is 0 Å². The van der Waals surface area contributed by atoms with Crippen LogP contribution in [-0.4, -0.2) is 7.11 Å². The van der Waals surface area contributed by atoms with Gasteiger partial charge >= 0.3 is 0 Å². The number of nitrogens with zero attached hydrogens (tertiary/aromatic N) is 1. The molecule has 0 unspecified atom stereocenters. The van der Waals surface area contributed by atoms with E-state index in [0.29, 0.717) is 5.02 Å². The Labute approximate surface area is 162 Å². The Morgan fingerprint density at radius 3 is 2.48 bits per heavy atom. The van der Waals surface area contributed by atoms with Crippen LogP contribution in [0, 0.1) is 6.92 Å². The predicted octanol–water partition coefficient (Wildman–Crippen LogP) is 6.30. The van der Waals surface area contributed by atoms with Crippen LogP contribution in [0.2, 0.25) is 5.02 Å². The van der Waals surface area contributed by atoms with Crippen molar-refractivity contribution >= 4 is 28.3 Å². The lowest BCUT2D eigenvalue weighted by Gasteiger charge is -2.07. The van der Waals surface area contributed by atoms with E-state index in [-0.39, 0.29) is 0 Å². The molecule has 1 aromatic heterocycles. The van der Waals surface area contributed by atoms with Gasteiger partial charge in [0.25, 0.3) is 0 Å². The van der Waals surface area contributed by atoms with Crippen LogP contribution in [0.15, 0.2) is 82.2 Å². The standard InChI is InChI=1S/C23H18ClNO2/c1-15-6-11-22-20(12-15)21(25-18-5-3-4-17(24)13-18)14-23(27-22)16-7-9-19(26-2)10-8-16/h3-14H,1-2H3. The SMILES string of the molecule is COc1ccc(-c2cc(=Nc3cccc(Cl)c3)c3cc(C)ccc3o2)cc1. The number of fused-ring (bicyclic) bond motifs is 1. The zero-order valence-electron chi connectivity index (χ0n) is 15.1. The molecular weight excluding hydrogens is 358 g/mol. The number of hydrogen-bond donors (Lipinski definition) is 0.